The van der Waals surface area contributed by atoms with Crippen molar-refractivity contribution in [2.75, 3.05) is 39.4 Å². The van der Waals surface area contributed by atoms with Gasteiger partial charge in [-0.2, -0.15) is 0 Å². The van der Waals surface area contributed by atoms with Crippen LogP contribution in [0.15, 0.2) is 42.5 Å². The van der Waals surface area contributed by atoms with Crippen LogP contribution in [-0.2, 0) is 14.8 Å². The van der Waals surface area contributed by atoms with Gasteiger partial charge in [0, 0.05) is 31.6 Å². The van der Waals surface area contributed by atoms with Crippen molar-refractivity contribution in [2.45, 2.75) is 51.5 Å². The van der Waals surface area contributed by atoms with Crippen LogP contribution in [0.3, 0.4) is 0 Å². The summed E-state index contributed by atoms with van der Waals surface area (Å²) in [5.41, 5.74) is 1.53. The van der Waals surface area contributed by atoms with Crippen molar-refractivity contribution >= 4 is 16.0 Å². The van der Waals surface area contributed by atoms with Crippen molar-refractivity contribution < 1.29 is 32.5 Å². The number of rotatable bonds is 13. The van der Waals surface area contributed by atoms with Crippen molar-refractivity contribution in [3.63, 3.8) is 0 Å². The molecule has 0 unspecified atom stereocenters. The van der Waals surface area contributed by atoms with Gasteiger partial charge in [-0.25, -0.2) is 12.7 Å². The second-order valence-corrected chi connectivity index (χ2v) is 11.9. The van der Waals surface area contributed by atoms with Crippen LogP contribution < -0.4 is 14.2 Å². The topological polar surface area (TPSA) is 106 Å². The average Bonchev–Trinajstić information content (AvgIpc) is 3.52. The number of unbranched alkanes of at least 4 members (excludes halogenated alkanes) is 2. The van der Waals surface area contributed by atoms with Gasteiger partial charge in [-0.1, -0.05) is 44.9 Å². The molecule has 2 heterocycles. The van der Waals surface area contributed by atoms with Gasteiger partial charge >= 0.3 is 5.97 Å². The minimum atomic E-state index is -3.67. The fourth-order valence-corrected chi connectivity index (χ4v) is 7.06. The van der Waals surface area contributed by atoms with Crippen molar-refractivity contribution in [1.82, 2.24) is 9.21 Å². The number of carbonyl (C=O) groups is 1. The standard InChI is InChI=1S/C28H38N2O7S/c1-4-6-14-30(15-7-5-2)38(33,34)18-29-17-23(21-10-13-24-25(16-21)37-19-36-24)26(28(31)32)27(29)20-8-11-22(35-3)12-9-20/h8-13,16,23,26-27H,4-7,14-15,17-19H2,1-3H3,(H,31,32)/t23-,26+,27-/m1/s1. The van der Waals surface area contributed by atoms with E-state index in [1.54, 1.807) is 29.6 Å². The summed E-state index contributed by atoms with van der Waals surface area (Å²) < 4.78 is 45.3. The molecule has 0 amide bonds. The molecule has 0 radical (unpaired) electrons. The van der Waals surface area contributed by atoms with Crippen LogP contribution in [0.1, 0.15) is 62.6 Å². The number of hydrogen-bond acceptors (Lipinski definition) is 7. The first-order valence-electron chi connectivity index (χ1n) is 13.3. The number of fused-ring (bicyclic) bond motifs is 1. The molecule has 2 aromatic carbocycles. The maximum absolute atomic E-state index is 13.7. The monoisotopic (exact) mass is 546 g/mol. The fraction of sp³-hybridized carbons (Fsp3) is 0.536. The van der Waals surface area contributed by atoms with E-state index in [2.05, 4.69) is 0 Å². The lowest BCUT2D eigenvalue weighted by Crippen LogP contribution is -2.41. The minimum absolute atomic E-state index is 0.121. The van der Waals surface area contributed by atoms with Gasteiger partial charge < -0.3 is 19.3 Å². The predicted molar refractivity (Wildman–Crippen MR) is 144 cm³/mol. The minimum Gasteiger partial charge on any atom is -0.497 e. The van der Waals surface area contributed by atoms with Crippen LogP contribution in [0.2, 0.25) is 0 Å². The van der Waals surface area contributed by atoms with E-state index in [1.807, 2.05) is 43.0 Å². The van der Waals surface area contributed by atoms with E-state index in [0.29, 0.717) is 30.3 Å². The summed E-state index contributed by atoms with van der Waals surface area (Å²) in [6.07, 6.45) is 3.35. The van der Waals surface area contributed by atoms with Gasteiger partial charge in [0.25, 0.3) is 0 Å². The largest absolute Gasteiger partial charge is 0.497 e. The third kappa shape index (κ3) is 6.08. The zero-order chi connectivity index (χ0) is 27.3. The quantitative estimate of drug-likeness (QED) is 0.393. The molecular formula is C28H38N2O7S. The highest BCUT2D eigenvalue weighted by atomic mass is 32.2. The van der Waals surface area contributed by atoms with Crippen LogP contribution in [-0.4, -0.2) is 68.1 Å². The zero-order valence-electron chi connectivity index (χ0n) is 22.3. The zero-order valence-corrected chi connectivity index (χ0v) is 23.2. The molecule has 1 fully saturated rings. The Morgan fingerprint density at radius 1 is 1.03 bits per heavy atom. The Labute approximate surface area is 225 Å². The summed E-state index contributed by atoms with van der Waals surface area (Å²) in [6, 6.07) is 12.0. The molecule has 9 nitrogen and oxygen atoms in total. The molecule has 2 aliphatic heterocycles. The Hall–Kier alpha value is -2.82. The van der Waals surface area contributed by atoms with Gasteiger partial charge in [0.05, 0.1) is 13.0 Å². The molecule has 3 atom stereocenters. The smallest absolute Gasteiger partial charge is 0.309 e. The summed E-state index contributed by atoms with van der Waals surface area (Å²) in [7, 11) is -2.10. The molecule has 0 aromatic heterocycles. The molecule has 1 N–H and O–H groups in total. The SMILES string of the molecule is CCCCN(CCCC)S(=O)(=O)CN1C[C@H](c2ccc3c(c2)OCO3)[C@H](C(=O)O)[C@H]1c1ccc(OC)cc1. The Balaban J connectivity index is 1.72. The fourth-order valence-electron chi connectivity index (χ4n) is 5.39. The lowest BCUT2D eigenvalue weighted by atomic mass is 9.83. The highest BCUT2D eigenvalue weighted by Gasteiger charge is 2.49. The van der Waals surface area contributed by atoms with Crippen LogP contribution >= 0.6 is 0 Å². The lowest BCUT2D eigenvalue weighted by Gasteiger charge is -2.30. The average molecular weight is 547 g/mol. The third-order valence-corrected chi connectivity index (χ3v) is 9.22. The van der Waals surface area contributed by atoms with E-state index >= 15 is 0 Å². The van der Waals surface area contributed by atoms with Gasteiger partial charge in [-0.05, 0) is 48.2 Å². The van der Waals surface area contributed by atoms with Gasteiger partial charge in [0.2, 0.25) is 16.8 Å². The van der Waals surface area contributed by atoms with Gasteiger partial charge in [-0.3, -0.25) is 9.69 Å². The van der Waals surface area contributed by atoms with Crippen LogP contribution in [0.4, 0.5) is 0 Å². The second kappa shape index (κ2) is 12.4. The molecule has 4 rings (SSSR count). The van der Waals surface area contributed by atoms with Crippen molar-refractivity contribution in [3.8, 4) is 17.2 Å². The molecule has 0 bridgehead atoms. The first-order valence-corrected chi connectivity index (χ1v) is 14.9. The maximum atomic E-state index is 13.7. The molecule has 2 aliphatic rings. The molecule has 10 heteroatoms. The van der Waals surface area contributed by atoms with E-state index in [4.69, 9.17) is 14.2 Å². The van der Waals surface area contributed by atoms with Crippen LogP contribution in [0.25, 0.3) is 0 Å². The molecule has 0 aliphatic carbocycles. The Morgan fingerprint density at radius 3 is 2.26 bits per heavy atom. The molecule has 0 saturated carbocycles. The highest BCUT2D eigenvalue weighted by Crippen LogP contribution is 2.48. The van der Waals surface area contributed by atoms with E-state index in [0.717, 1.165) is 36.8 Å². The number of carboxylic acid groups (broad SMARTS) is 1. The summed E-state index contributed by atoms with van der Waals surface area (Å²) in [5.74, 6) is -0.682. The highest BCUT2D eigenvalue weighted by molar-refractivity contribution is 7.89. The summed E-state index contributed by atoms with van der Waals surface area (Å²) >= 11 is 0. The van der Waals surface area contributed by atoms with Gasteiger partial charge in [0.1, 0.15) is 11.6 Å². The summed E-state index contributed by atoms with van der Waals surface area (Å²) in [6.45, 7) is 5.41. The van der Waals surface area contributed by atoms with E-state index in [1.165, 1.54) is 0 Å². The van der Waals surface area contributed by atoms with Crippen LogP contribution in [0.5, 0.6) is 17.2 Å². The number of likely N-dealkylation sites (tertiary alicyclic amines) is 1. The number of aliphatic carboxylic acids is 1. The first kappa shape index (κ1) is 28.2. The number of methoxy groups -OCH3 is 1. The molecule has 38 heavy (non-hydrogen) atoms. The third-order valence-electron chi connectivity index (χ3n) is 7.41. The Morgan fingerprint density at radius 2 is 1.66 bits per heavy atom. The van der Waals surface area contributed by atoms with E-state index in [-0.39, 0.29) is 19.2 Å². The number of hydrogen-bond donors (Lipinski definition) is 1. The predicted octanol–water partition coefficient (Wildman–Crippen LogP) is 4.45. The second-order valence-electron chi connectivity index (χ2n) is 9.92. The molecular weight excluding hydrogens is 508 g/mol. The maximum Gasteiger partial charge on any atom is 0.309 e. The Bertz CT molecular complexity index is 1190. The number of sulfonamides is 1. The number of ether oxygens (including phenoxy) is 3. The number of carboxylic acids is 1. The number of nitrogens with zero attached hydrogens (tertiary/aromatic N) is 2. The summed E-state index contributed by atoms with van der Waals surface area (Å²) in [4.78, 5) is 14.6. The van der Waals surface area contributed by atoms with E-state index < -0.39 is 33.9 Å². The molecule has 2 aromatic rings. The molecule has 0 spiro atoms. The lowest BCUT2D eigenvalue weighted by molar-refractivity contribution is -0.143. The first-order chi connectivity index (χ1) is 18.3. The van der Waals surface area contributed by atoms with Gasteiger partial charge in [-0.15, -0.1) is 0 Å². The molecule has 208 valence electrons. The summed E-state index contributed by atoms with van der Waals surface area (Å²) in [5, 5.41) is 10.5. The van der Waals surface area contributed by atoms with E-state index in [9.17, 15) is 18.3 Å². The normalized spacial score (nSPS) is 21.2. The number of benzene rings is 2. The van der Waals surface area contributed by atoms with Crippen LogP contribution in [0, 0.1) is 5.92 Å². The van der Waals surface area contributed by atoms with Crippen molar-refractivity contribution in [3.05, 3.63) is 53.6 Å². The van der Waals surface area contributed by atoms with Crippen molar-refractivity contribution in [1.29, 1.82) is 0 Å². The van der Waals surface area contributed by atoms with Crippen molar-refractivity contribution in [2.24, 2.45) is 5.92 Å². The Kier molecular flexibility index (Phi) is 9.17. The van der Waals surface area contributed by atoms with Gasteiger partial charge in [0.15, 0.2) is 11.5 Å². The molecule has 1 saturated heterocycles.